The van der Waals surface area contributed by atoms with Gasteiger partial charge in [0, 0.05) is 24.7 Å². The first kappa shape index (κ1) is 15.7. The molecule has 0 spiro atoms. The number of rotatable bonds is 3. The maximum Gasteiger partial charge on any atom is 0.341 e. The quantitative estimate of drug-likeness (QED) is 0.815. The summed E-state index contributed by atoms with van der Waals surface area (Å²) in [6.45, 7) is 7.74. The van der Waals surface area contributed by atoms with E-state index in [-0.39, 0.29) is 18.2 Å². The average molecular weight is 314 g/mol. The van der Waals surface area contributed by atoms with Gasteiger partial charge in [-0.05, 0) is 26.8 Å². The van der Waals surface area contributed by atoms with Gasteiger partial charge in [0.25, 0.3) is 0 Å². The summed E-state index contributed by atoms with van der Waals surface area (Å²) in [6.07, 6.45) is 1.85. The normalized spacial score (nSPS) is 21.4. The zero-order valence-corrected chi connectivity index (χ0v) is 13.8. The van der Waals surface area contributed by atoms with Crippen molar-refractivity contribution >= 4 is 22.6 Å². The number of pyridine rings is 1. The van der Waals surface area contributed by atoms with Crippen molar-refractivity contribution in [3.8, 4) is 0 Å². The average Bonchev–Trinajstić information content (AvgIpc) is 2.53. The largest absolute Gasteiger partial charge is 0.462 e. The molecule has 1 saturated heterocycles. The molecule has 2 heterocycles. The molecule has 0 bridgehead atoms. The van der Waals surface area contributed by atoms with Crippen LogP contribution < -0.4 is 4.90 Å². The number of hydrogen-bond acceptors (Lipinski definition) is 5. The number of aromatic nitrogens is 1. The first-order chi connectivity index (χ1) is 11.1. The van der Waals surface area contributed by atoms with E-state index in [1.54, 1.807) is 6.20 Å². The monoisotopic (exact) mass is 314 g/mol. The number of hydrogen-bond donors (Lipinski definition) is 0. The molecule has 5 nitrogen and oxygen atoms in total. The molecule has 0 amide bonds. The van der Waals surface area contributed by atoms with Crippen LogP contribution in [0.3, 0.4) is 0 Å². The third-order valence-electron chi connectivity index (χ3n) is 3.98. The minimum absolute atomic E-state index is 0.112. The van der Waals surface area contributed by atoms with Gasteiger partial charge >= 0.3 is 5.97 Å². The van der Waals surface area contributed by atoms with Crippen LogP contribution in [0.4, 0.5) is 5.69 Å². The van der Waals surface area contributed by atoms with Crippen LogP contribution in [0.1, 0.15) is 31.1 Å². The zero-order chi connectivity index (χ0) is 16.4. The molecule has 23 heavy (non-hydrogen) atoms. The molecular weight excluding hydrogens is 292 g/mol. The molecule has 0 saturated carbocycles. The number of ether oxygens (including phenoxy) is 2. The lowest BCUT2D eigenvalue weighted by Crippen LogP contribution is -2.46. The van der Waals surface area contributed by atoms with E-state index in [9.17, 15) is 4.79 Å². The van der Waals surface area contributed by atoms with Gasteiger partial charge in [-0.1, -0.05) is 18.2 Å². The van der Waals surface area contributed by atoms with Gasteiger partial charge in [-0.2, -0.15) is 0 Å². The second-order valence-electron chi connectivity index (χ2n) is 5.92. The number of carbonyl (C=O) groups is 1. The van der Waals surface area contributed by atoms with Crippen molar-refractivity contribution in [1.82, 2.24) is 4.98 Å². The summed E-state index contributed by atoms with van der Waals surface area (Å²) in [7, 11) is 0. The second kappa shape index (κ2) is 6.54. The van der Waals surface area contributed by atoms with Crippen molar-refractivity contribution in [3.05, 3.63) is 36.0 Å². The first-order valence-electron chi connectivity index (χ1n) is 8.05. The Labute approximate surface area is 136 Å². The number of esters is 1. The number of carbonyl (C=O) groups excluding carboxylic acids is 1. The number of fused-ring (bicyclic) bond motifs is 1. The van der Waals surface area contributed by atoms with Gasteiger partial charge in [0.2, 0.25) is 0 Å². The summed E-state index contributed by atoms with van der Waals surface area (Å²) < 4.78 is 11.0. The highest BCUT2D eigenvalue weighted by Gasteiger charge is 2.27. The van der Waals surface area contributed by atoms with E-state index in [2.05, 4.69) is 23.7 Å². The molecule has 0 N–H and O–H groups in total. The fourth-order valence-electron chi connectivity index (χ4n) is 3.19. The number of anilines is 1. The number of benzene rings is 1. The summed E-state index contributed by atoms with van der Waals surface area (Å²) >= 11 is 0. The molecule has 1 aliphatic rings. The van der Waals surface area contributed by atoms with Gasteiger partial charge < -0.3 is 14.4 Å². The molecular formula is C18H22N2O3. The van der Waals surface area contributed by atoms with Crippen LogP contribution >= 0.6 is 0 Å². The molecule has 122 valence electrons. The van der Waals surface area contributed by atoms with Crippen LogP contribution in [-0.4, -0.2) is 42.9 Å². The molecule has 0 radical (unpaired) electrons. The molecule has 2 atom stereocenters. The maximum atomic E-state index is 12.4. The molecule has 1 aromatic heterocycles. The van der Waals surface area contributed by atoms with E-state index in [0.29, 0.717) is 12.2 Å². The Morgan fingerprint density at radius 2 is 2.00 bits per heavy atom. The third-order valence-corrected chi connectivity index (χ3v) is 3.98. The van der Waals surface area contributed by atoms with E-state index >= 15 is 0 Å². The van der Waals surface area contributed by atoms with E-state index < -0.39 is 0 Å². The van der Waals surface area contributed by atoms with E-state index in [1.165, 1.54) is 0 Å². The maximum absolute atomic E-state index is 12.4. The topological polar surface area (TPSA) is 51.7 Å². The second-order valence-corrected chi connectivity index (χ2v) is 5.92. The Morgan fingerprint density at radius 3 is 2.70 bits per heavy atom. The highest BCUT2D eigenvalue weighted by atomic mass is 16.5. The Kier molecular flexibility index (Phi) is 4.48. The molecule has 2 unspecified atom stereocenters. The van der Waals surface area contributed by atoms with Gasteiger partial charge in [-0.25, -0.2) is 4.79 Å². The Hall–Kier alpha value is -2.14. The van der Waals surface area contributed by atoms with Crippen molar-refractivity contribution < 1.29 is 14.3 Å². The predicted octanol–water partition coefficient (Wildman–Crippen LogP) is 3.03. The lowest BCUT2D eigenvalue weighted by molar-refractivity contribution is -0.00526. The number of morpholine rings is 1. The Bertz CT molecular complexity index is 706. The third kappa shape index (κ3) is 3.15. The number of nitrogens with zero attached hydrogens (tertiary/aromatic N) is 2. The van der Waals surface area contributed by atoms with Crippen LogP contribution in [-0.2, 0) is 9.47 Å². The summed E-state index contributed by atoms with van der Waals surface area (Å²) in [4.78, 5) is 19.0. The summed E-state index contributed by atoms with van der Waals surface area (Å²) in [6, 6.07) is 7.88. The van der Waals surface area contributed by atoms with Gasteiger partial charge in [0.05, 0.1) is 30.0 Å². The SMILES string of the molecule is CCOC(=O)c1cnc2ccccc2c1N1CC(C)OC(C)C1. The smallest absolute Gasteiger partial charge is 0.341 e. The molecule has 1 aliphatic heterocycles. The highest BCUT2D eigenvalue weighted by Crippen LogP contribution is 2.32. The van der Waals surface area contributed by atoms with Gasteiger partial charge in [0.1, 0.15) is 5.56 Å². The molecule has 0 aliphatic carbocycles. The standard InChI is InChI=1S/C18H22N2O3/c1-4-22-18(21)15-9-19-16-8-6-5-7-14(16)17(15)20-10-12(2)23-13(3)11-20/h5-9,12-13H,4,10-11H2,1-3H3. The van der Waals surface area contributed by atoms with Crippen molar-refractivity contribution in [2.24, 2.45) is 0 Å². The van der Waals surface area contributed by atoms with E-state index in [0.717, 1.165) is 29.7 Å². The van der Waals surface area contributed by atoms with Crippen LogP contribution in [0.5, 0.6) is 0 Å². The lowest BCUT2D eigenvalue weighted by atomic mass is 10.1. The van der Waals surface area contributed by atoms with Crippen LogP contribution in [0.2, 0.25) is 0 Å². The van der Waals surface area contributed by atoms with Crippen molar-refractivity contribution in [3.63, 3.8) is 0 Å². The first-order valence-corrected chi connectivity index (χ1v) is 8.05. The van der Waals surface area contributed by atoms with Crippen molar-refractivity contribution in [2.75, 3.05) is 24.6 Å². The minimum Gasteiger partial charge on any atom is -0.462 e. The summed E-state index contributed by atoms with van der Waals surface area (Å²) in [5.41, 5.74) is 2.30. The van der Waals surface area contributed by atoms with E-state index in [4.69, 9.17) is 9.47 Å². The van der Waals surface area contributed by atoms with Gasteiger partial charge in [-0.3, -0.25) is 4.98 Å². The Morgan fingerprint density at radius 1 is 1.30 bits per heavy atom. The molecule has 2 aromatic rings. The molecule has 1 aromatic carbocycles. The molecule has 3 rings (SSSR count). The molecule has 1 fully saturated rings. The number of para-hydroxylation sites is 1. The predicted molar refractivity (Wildman–Crippen MR) is 89.9 cm³/mol. The fourth-order valence-corrected chi connectivity index (χ4v) is 3.19. The van der Waals surface area contributed by atoms with E-state index in [1.807, 2.05) is 31.2 Å². The Balaban J connectivity index is 2.14. The van der Waals surface area contributed by atoms with Gasteiger partial charge in [0.15, 0.2) is 0 Å². The lowest BCUT2D eigenvalue weighted by Gasteiger charge is -2.38. The minimum atomic E-state index is -0.326. The highest BCUT2D eigenvalue weighted by molar-refractivity contribution is 6.05. The van der Waals surface area contributed by atoms with Crippen molar-refractivity contribution in [1.29, 1.82) is 0 Å². The van der Waals surface area contributed by atoms with Crippen LogP contribution in [0.15, 0.2) is 30.5 Å². The fraction of sp³-hybridized carbons (Fsp3) is 0.444. The molecule has 5 heteroatoms. The summed E-state index contributed by atoms with van der Waals surface area (Å²) in [5.74, 6) is -0.326. The summed E-state index contributed by atoms with van der Waals surface area (Å²) in [5, 5.41) is 0.972. The van der Waals surface area contributed by atoms with Crippen molar-refractivity contribution in [2.45, 2.75) is 33.0 Å². The van der Waals surface area contributed by atoms with Crippen LogP contribution in [0, 0.1) is 0 Å². The van der Waals surface area contributed by atoms with Gasteiger partial charge in [-0.15, -0.1) is 0 Å². The van der Waals surface area contributed by atoms with Crippen LogP contribution in [0.25, 0.3) is 10.9 Å². The zero-order valence-electron chi connectivity index (χ0n) is 13.8.